The molecular formula is C20H25F2IN4O2. The molecule has 2 aromatic carbocycles. The van der Waals surface area contributed by atoms with Crippen LogP contribution < -0.4 is 20.7 Å². The summed E-state index contributed by atoms with van der Waals surface area (Å²) in [4.78, 5) is 16.4. The summed E-state index contributed by atoms with van der Waals surface area (Å²) in [5.41, 5.74) is 1.15. The summed E-state index contributed by atoms with van der Waals surface area (Å²) in [6, 6.07) is 15.5. The number of amides is 1. The molecule has 2 aromatic rings. The second kappa shape index (κ2) is 13.7. The van der Waals surface area contributed by atoms with Gasteiger partial charge in [-0.15, -0.1) is 24.0 Å². The number of hydrogen-bond acceptors (Lipinski definition) is 3. The number of alkyl halides is 2. The first-order valence-electron chi connectivity index (χ1n) is 8.98. The number of nitrogens with one attached hydrogen (secondary N) is 3. The van der Waals surface area contributed by atoms with Gasteiger partial charge in [-0.2, -0.15) is 8.78 Å². The highest BCUT2D eigenvalue weighted by atomic mass is 127. The molecule has 1 amide bonds. The Morgan fingerprint density at radius 2 is 1.66 bits per heavy atom. The quantitative estimate of drug-likeness (QED) is 0.206. The van der Waals surface area contributed by atoms with Gasteiger partial charge in [-0.05, 0) is 25.1 Å². The van der Waals surface area contributed by atoms with Crippen molar-refractivity contribution in [1.82, 2.24) is 16.0 Å². The van der Waals surface area contributed by atoms with E-state index >= 15 is 0 Å². The van der Waals surface area contributed by atoms with Gasteiger partial charge in [0.2, 0.25) is 0 Å². The zero-order valence-corrected chi connectivity index (χ0v) is 18.4. The van der Waals surface area contributed by atoms with E-state index in [9.17, 15) is 13.6 Å². The molecule has 0 bridgehead atoms. The first-order valence-corrected chi connectivity index (χ1v) is 8.98. The number of rotatable bonds is 9. The predicted molar refractivity (Wildman–Crippen MR) is 120 cm³/mol. The molecule has 0 aliphatic carbocycles. The zero-order valence-electron chi connectivity index (χ0n) is 16.0. The van der Waals surface area contributed by atoms with Gasteiger partial charge < -0.3 is 20.7 Å². The fourth-order valence-electron chi connectivity index (χ4n) is 2.40. The Kier molecular flexibility index (Phi) is 11.6. The summed E-state index contributed by atoms with van der Waals surface area (Å²) >= 11 is 0. The lowest BCUT2D eigenvalue weighted by Gasteiger charge is -2.13. The Balaban J connectivity index is 0.00000420. The molecule has 0 aliphatic heterocycles. The third-order valence-electron chi connectivity index (χ3n) is 3.68. The van der Waals surface area contributed by atoms with Crippen LogP contribution in [0.4, 0.5) is 8.78 Å². The van der Waals surface area contributed by atoms with Crippen LogP contribution in [0.15, 0.2) is 59.6 Å². The van der Waals surface area contributed by atoms with Gasteiger partial charge in [0, 0.05) is 30.8 Å². The van der Waals surface area contributed by atoms with Gasteiger partial charge in [0.15, 0.2) is 5.96 Å². The van der Waals surface area contributed by atoms with E-state index in [1.165, 1.54) is 6.07 Å². The number of halogens is 3. The minimum Gasteiger partial charge on any atom is -0.434 e. The molecule has 0 radical (unpaired) electrons. The minimum absolute atomic E-state index is 0. The third-order valence-corrected chi connectivity index (χ3v) is 3.68. The fourth-order valence-corrected chi connectivity index (χ4v) is 2.40. The molecule has 29 heavy (non-hydrogen) atoms. The molecule has 0 unspecified atom stereocenters. The molecular weight excluding hydrogens is 493 g/mol. The van der Waals surface area contributed by atoms with Crippen molar-refractivity contribution in [2.75, 3.05) is 19.6 Å². The van der Waals surface area contributed by atoms with Crippen molar-refractivity contribution >= 4 is 35.8 Å². The first kappa shape index (κ1) is 24.6. The lowest BCUT2D eigenvalue weighted by Crippen LogP contribution is -2.41. The lowest BCUT2D eigenvalue weighted by molar-refractivity contribution is -0.0504. The normalized spacial score (nSPS) is 10.8. The van der Waals surface area contributed by atoms with Gasteiger partial charge in [0.1, 0.15) is 5.75 Å². The number of ether oxygens (including phenoxy) is 1. The number of nitrogens with zero attached hydrogens (tertiary/aromatic N) is 1. The standard InChI is InChI=1S/C20H24F2N4O2.HI/c1-2-23-20(25-13-12-24-18(27)15-8-4-3-5-9-15)26-14-16-10-6-7-11-17(16)28-19(21)22;/h3-11,19H,2,12-14H2,1H3,(H,24,27)(H2,23,25,26);1H. The highest BCUT2D eigenvalue weighted by Crippen LogP contribution is 2.20. The minimum atomic E-state index is -2.88. The lowest BCUT2D eigenvalue weighted by atomic mass is 10.2. The number of hydrogen-bond donors (Lipinski definition) is 3. The summed E-state index contributed by atoms with van der Waals surface area (Å²) in [6.07, 6.45) is 0. The number of carbonyl (C=O) groups excluding carboxylic acids is 1. The maximum atomic E-state index is 12.5. The average molecular weight is 518 g/mol. The Bertz CT molecular complexity index is 776. The van der Waals surface area contributed by atoms with E-state index in [4.69, 9.17) is 0 Å². The monoisotopic (exact) mass is 518 g/mol. The molecule has 6 nitrogen and oxygen atoms in total. The van der Waals surface area contributed by atoms with E-state index < -0.39 is 6.61 Å². The Morgan fingerprint density at radius 1 is 1.00 bits per heavy atom. The Morgan fingerprint density at radius 3 is 2.34 bits per heavy atom. The van der Waals surface area contributed by atoms with Crippen molar-refractivity contribution in [2.24, 2.45) is 4.99 Å². The van der Waals surface area contributed by atoms with E-state index in [0.717, 1.165) is 0 Å². The van der Waals surface area contributed by atoms with Crippen molar-refractivity contribution in [3.8, 4) is 5.75 Å². The summed E-state index contributed by atoms with van der Waals surface area (Å²) in [7, 11) is 0. The molecule has 0 heterocycles. The van der Waals surface area contributed by atoms with E-state index in [-0.39, 0.29) is 42.2 Å². The summed E-state index contributed by atoms with van der Waals surface area (Å²) in [6.45, 7) is 0.710. The molecule has 0 fully saturated rings. The molecule has 0 spiro atoms. The summed E-state index contributed by atoms with van der Waals surface area (Å²) in [5, 5.41) is 8.98. The van der Waals surface area contributed by atoms with Crippen LogP contribution in [0.2, 0.25) is 0 Å². The maximum Gasteiger partial charge on any atom is 0.387 e. The fraction of sp³-hybridized carbons (Fsp3) is 0.300. The molecule has 0 aliphatic rings. The zero-order chi connectivity index (χ0) is 20.2. The average Bonchev–Trinajstić information content (AvgIpc) is 2.70. The van der Waals surface area contributed by atoms with Crippen LogP contribution in [-0.2, 0) is 6.54 Å². The van der Waals surface area contributed by atoms with Crippen molar-refractivity contribution < 1.29 is 18.3 Å². The van der Waals surface area contributed by atoms with Crippen molar-refractivity contribution in [1.29, 1.82) is 0 Å². The second-order valence-electron chi connectivity index (χ2n) is 5.73. The summed E-state index contributed by atoms with van der Waals surface area (Å²) in [5.74, 6) is 0.470. The number of aliphatic imine (C=N–C) groups is 1. The highest BCUT2D eigenvalue weighted by Gasteiger charge is 2.09. The number of guanidine groups is 1. The van der Waals surface area contributed by atoms with Gasteiger partial charge in [-0.3, -0.25) is 4.79 Å². The number of carbonyl (C=O) groups is 1. The smallest absolute Gasteiger partial charge is 0.387 e. The Hall–Kier alpha value is -2.43. The Labute approximate surface area is 186 Å². The molecule has 0 atom stereocenters. The molecule has 0 saturated heterocycles. The van der Waals surface area contributed by atoms with E-state index in [1.807, 2.05) is 13.0 Å². The predicted octanol–water partition coefficient (Wildman–Crippen LogP) is 3.39. The van der Waals surface area contributed by atoms with Crippen LogP contribution in [0.1, 0.15) is 22.8 Å². The van der Waals surface area contributed by atoms with Crippen LogP contribution in [0.5, 0.6) is 5.75 Å². The highest BCUT2D eigenvalue weighted by molar-refractivity contribution is 14.0. The molecule has 0 aromatic heterocycles. The largest absolute Gasteiger partial charge is 0.434 e. The third kappa shape index (κ3) is 9.07. The van der Waals surface area contributed by atoms with Crippen LogP contribution in [0.25, 0.3) is 0 Å². The van der Waals surface area contributed by atoms with Gasteiger partial charge >= 0.3 is 6.61 Å². The van der Waals surface area contributed by atoms with Crippen LogP contribution >= 0.6 is 24.0 Å². The number of benzene rings is 2. The van der Waals surface area contributed by atoms with Crippen LogP contribution in [-0.4, -0.2) is 38.1 Å². The maximum absolute atomic E-state index is 12.5. The second-order valence-corrected chi connectivity index (χ2v) is 5.73. The van der Waals surface area contributed by atoms with E-state index in [2.05, 4.69) is 25.7 Å². The molecule has 158 valence electrons. The molecule has 9 heteroatoms. The SMILES string of the molecule is CCNC(=NCc1ccccc1OC(F)F)NCCNC(=O)c1ccccc1.I. The van der Waals surface area contributed by atoms with E-state index in [0.29, 0.717) is 36.7 Å². The van der Waals surface area contributed by atoms with Crippen molar-refractivity contribution in [3.05, 3.63) is 65.7 Å². The van der Waals surface area contributed by atoms with Crippen LogP contribution in [0.3, 0.4) is 0 Å². The van der Waals surface area contributed by atoms with Gasteiger partial charge in [0.25, 0.3) is 5.91 Å². The topological polar surface area (TPSA) is 74.8 Å². The van der Waals surface area contributed by atoms with Crippen LogP contribution in [0, 0.1) is 0 Å². The van der Waals surface area contributed by atoms with Gasteiger partial charge in [0.05, 0.1) is 6.54 Å². The molecule has 3 N–H and O–H groups in total. The van der Waals surface area contributed by atoms with E-state index in [1.54, 1.807) is 42.5 Å². The number of para-hydroxylation sites is 1. The van der Waals surface area contributed by atoms with Gasteiger partial charge in [-0.1, -0.05) is 36.4 Å². The molecule has 0 saturated carbocycles. The first-order chi connectivity index (χ1) is 13.6. The van der Waals surface area contributed by atoms with Gasteiger partial charge in [-0.25, -0.2) is 4.99 Å². The van der Waals surface area contributed by atoms with Crippen molar-refractivity contribution in [2.45, 2.75) is 20.1 Å². The summed E-state index contributed by atoms with van der Waals surface area (Å²) < 4.78 is 29.5. The van der Waals surface area contributed by atoms with Crippen molar-refractivity contribution in [3.63, 3.8) is 0 Å². The molecule has 2 rings (SSSR count).